The molecule has 0 spiro atoms. The molecule has 1 N–H and O–H groups in total. The Morgan fingerprint density at radius 2 is 2.09 bits per heavy atom. The van der Waals surface area contributed by atoms with Gasteiger partial charge in [-0.2, -0.15) is 0 Å². The molecule has 23 heavy (non-hydrogen) atoms. The Hall–Kier alpha value is -3.09. The number of rotatable bonds is 3. The molecule has 0 aliphatic rings. The third-order valence-corrected chi connectivity index (χ3v) is 3.50. The normalized spacial score (nSPS) is 10.7. The predicted molar refractivity (Wildman–Crippen MR) is 88.0 cm³/mol. The van der Waals surface area contributed by atoms with Gasteiger partial charge in [-0.3, -0.25) is 9.36 Å². The first-order valence-corrected chi connectivity index (χ1v) is 7.00. The van der Waals surface area contributed by atoms with Crippen LogP contribution < -0.4 is 16.0 Å². The van der Waals surface area contributed by atoms with Crippen LogP contribution in [0.15, 0.2) is 45.7 Å². The number of aromatic nitrogens is 2. The highest BCUT2D eigenvalue weighted by Gasteiger charge is 2.15. The minimum absolute atomic E-state index is 0.269. The number of carbonyl (C=O) groups is 1. The van der Waals surface area contributed by atoms with Crippen molar-refractivity contribution in [2.24, 2.45) is 7.05 Å². The van der Waals surface area contributed by atoms with Crippen molar-refractivity contribution >= 4 is 28.5 Å². The molecule has 0 bridgehead atoms. The second-order valence-electron chi connectivity index (χ2n) is 5.33. The summed E-state index contributed by atoms with van der Waals surface area (Å²) in [5.41, 5.74) is 2.14. The average molecular weight is 312 g/mol. The molecule has 1 amide bonds. The summed E-state index contributed by atoms with van der Waals surface area (Å²) in [5.74, 6) is -0.123. The number of hydrogen-bond acceptors (Lipinski definition) is 5. The van der Waals surface area contributed by atoms with Crippen molar-refractivity contribution < 1.29 is 9.21 Å². The van der Waals surface area contributed by atoms with Gasteiger partial charge in [0.2, 0.25) is 0 Å². The molecule has 3 aromatic rings. The van der Waals surface area contributed by atoms with Gasteiger partial charge in [-0.25, -0.2) is 9.78 Å². The van der Waals surface area contributed by atoms with E-state index in [9.17, 15) is 9.59 Å². The second kappa shape index (κ2) is 5.60. The summed E-state index contributed by atoms with van der Waals surface area (Å²) in [6, 6.07) is 8.47. The molecule has 0 saturated heterocycles. The zero-order valence-corrected chi connectivity index (χ0v) is 13.0. The zero-order valence-electron chi connectivity index (χ0n) is 13.0. The zero-order chi connectivity index (χ0) is 16.6. The Kier molecular flexibility index (Phi) is 3.61. The van der Waals surface area contributed by atoms with E-state index >= 15 is 0 Å². The first-order valence-electron chi connectivity index (χ1n) is 7.00. The van der Waals surface area contributed by atoms with E-state index < -0.39 is 5.76 Å². The Bertz CT molecular complexity index is 940. The lowest BCUT2D eigenvalue weighted by Crippen LogP contribution is -2.19. The van der Waals surface area contributed by atoms with Gasteiger partial charge in [-0.05, 0) is 30.3 Å². The Morgan fingerprint density at radius 3 is 2.83 bits per heavy atom. The van der Waals surface area contributed by atoms with E-state index in [4.69, 9.17) is 4.42 Å². The summed E-state index contributed by atoms with van der Waals surface area (Å²) in [6.07, 6.45) is 1.64. The Labute approximate surface area is 132 Å². The van der Waals surface area contributed by atoms with E-state index in [0.717, 1.165) is 0 Å². The average Bonchev–Trinajstić information content (AvgIpc) is 2.82. The third kappa shape index (κ3) is 2.68. The minimum Gasteiger partial charge on any atom is -0.408 e. The molecule has 0 radical (unpaired) electrons. The van der Waals surface area contributed by atoms with Crippen molar-refractivity contribution in [3.63, 3.8) is 0 Å². The van der Waals surface area contributed by atoms with Gasteiger partial charge in [0.25, 0.3) is 5.91 Å². The highest BCUT2D eigenvalue weighted by Crippen LogP contribution is 2.20. The lowest BCUT2D eigenvalue weighted by molar-refractivity contribution is 0.102. The number of benzene rings is 1. The summed E-state index contributed by atoms with van der Waals surface area (Å²) < 4.78 is 6.46. The van der Waals surface area contributed by atoms with E-state index in [-0.39, 0.29) is 5.91 Å². The molecule has 0 aliphatic carbocycles. The fraction of sp³-hybridized carbons (Fsp3) is 0.188. The maximum absolute atomic E-state index is 12.5. The number of aryl methyl sites for hydroxylation is 1. The van der Waals surface area contributed by atoms with Crippen molar-refractivity contribution in [3.8, 4) is 0 Å². The van der Waals surface area contributed by atoms with Crippen LogP contribution in [-0.2, 0) is 7.05 Å². The van der Waals surface area contributed by atoms with Crippen LogP contribution in [0.4, 0.5) is 11.5 Å². The van der Waals surface area contributed by atoms with E-state index in [0.29, 0.717) is 28.2 Å². The summed E-state index contributed by atoms with van der Waals surface area (Å²) in [6.45, 7) is 0. The maximum Gasteiger partial charge on any atom is 0.419 e. The van der Waals surface area contributed by atoms with Gasteiger partial charge in [-0.1, -0.05) is 0 Å². The number of amides is 1. The molecule has 7 nitrogen and oxygen atoms in total. The molecule has 0 saturated carbocycles. The molecule has 0 unspecified atom stereocenters. The fourth-order valence-electron chi connectivity index (χ4n) is 2.33. The summed E-state index contributed by atoms with van der Waals surface area (Å²) >= 11 is 0. The summed E-state index contributed by atoms with van der Waals surface area (Å²) in [7, 11) is 5.27. The van der Waals surface area contributed by atoms with Crippen molar-refractivity contribution in [2.45, 2.75) is 0 Å². The van der Waals surface area contributed by atoms with E-state index in [1.165, 1.54) is 4.57 Å². The first kappa shape index (κ1) is 14.8. The maximum atomic E-state index is 12.5. The monoisotopic (exact) mass is 312 g/mol. The first-order chi connectivity index (χ1) is 11.0. The van der Waals surface area contributed by atoms with Gasteiger partial charge < -0.3 is 14.6 Å². The summed E-state index contributed by atoms with van der Waals surface area (Å²) in [4.78, 5) is 30.0. The van der Waals surface area contributed by atoms with Crippen LogP contribution in [-0.4, -0.2) is 29.6 Å². The van der Waals surface area contributed by atoms with Crippen LogP contribution >= 0.6 is 0 Å². The van der Waals surface area contributed by atoms with Crippen molar-refractivity contribution in [1.29, 1.82) is 0 Å². The van der Waals surface area contributed by atoms with E-state index in [1.54, 1.807) is 48.5 Å². The van der Waals surface area contributed by atoms with Gasteiger partial charge in [0.05, 0.1) is 11.1 Å². The lowest BCUT2D eigenvalue weighted by atomic mass is 10.2. The lowest BCUT2D eigenvalue weighted by Gasteiger charge is -2.15. The number of nitrogens with zero attached hydrogens (tertiary/aromatic N) is 3. The van der Waals surface area contributed by atoms with Crippen LogP contribution in [0.5, 0.6) is 0 Å². The Morgan fingerprint density at radius 1 is 1.30 bits per heavy atom. The van der Waals surface area contributed by atoms with Crippen molar-refractivity contribution in [3.05, 3.63) is 52.6 Å². The number of pyridine rings is 1. The van der Waals surface area contributed by atoms with Crippen LogP contribution in [0.25, 0.3) is 11.1 Å². The van der Waals surface area contributed by atoms with Crippen molar-refractivity contribution in [1.82, 2.24) is 9.55 Å². The predicted octanol–water partition coefficient (Wildman–Crippen LogP) is 1.84. The largest absolute Gasteiger partial charge is 0.419 e. The molecule has 3 rings (SSSR count). The SMILES string of the molecule is CN(C)c1ncccc1C(=O)Nc1ccc2oc(=O)n(C)c2c1. The molecule has 0 fully saturated rings. The fourth-order valence-corrected chi connectivity index (χ4v) is 2.33. The Balaban J connectivity index is 1.94. The van der Waals surface area contributed by atoms with E-state index in [1.807, 2.05) is 14.1 Å². The summed E-state index contributed by atoms with van der Waals surface area (Å²) in [5, 5.41) is 2.82. The molecular formula is C16H16N4O3. The molecule has 0 aliphatic heterocycles. The molecule has 0 atom stereocenters. The van der Waals surface area contributed by atoms with Crippen LogP contribution in [0.1, 0.15) is 10.4 Å². The number of carbonyl (C=O) groups excluding carboxylic acids is 1. The smallest absolute Gasteiger partial charge is 0.408 e. The molecule has 2 aromatic heterocycles. The number of anilines is 2. The van der Waals surface area contributed by atoms with Gasteiger partial charge in [-0.15, -0.1) is 0 Å². The quantitative estimate of drug-likeness (QED) is 0.798. The standard InChI is InChI=1S/C16H16N4O3/c1-19(2)14-11(5-4-8-17-14)15(21)18-10-6-7-13-12(9-10)20(3)16(22)23-13/h4-9H,1-3H3,(H,18,21). The second-order valence-corrected chi connectivity index (χ2v) is 5.33. The topological polar surface area (TPSA) is 80.4 Å². The number of oxazole rings is 1. The highest BCUT2D eigenvalue weighted by molar-refractivity contribution is 6.08. The van der Waals surface area contributed by atoms with E-state index in [2.05, 4.69) is 10.3 Å². The molecule has 118 valence electrons. The number of hydrogen-bond donors (Lipinski definition) is 1. The molecule has 7 heteroatoms. The van der Waals surface area contributed by atoms with Gasteiger partial charge in [0, 0.05) is 33.0 Å². The van der Waals surface area contributed by atoms with Crippen LogP contribution in [0.2, 0.25) is 0 Å². The van der Waals surface area contributed by atoms with Gasteiger partial charge >= 0.3 is 5.76 Å². The minimum atomic E-state index is -0.439. The number of fused-ring (bicyclic) bond motifs is 1. The highest BCUT2D eigenvalue weighted by atomic mass is 16.4. The molecule has 1 aromatic carbocycles. The molecule has 2 heterocycles. The number of nitrogens with one attached hydrogen (secondary N) is 1. The van der Waals surface area contributed by atoms with Crippen molar-refractivity contribution in [2.75, 3.05) is 24.3 Å². The van der Waals surface area contributed by atoms with Crippen LogP contribution in [0.3, 0.4) is 0 Å². The van der Waals surface area contributed by atoms with Gasteiger partial charge in [0.1, 0.15) is 5.82 Å². The molecular weight excluding hydrogens is 296 g/mol. The third-order valence-electron chi connectivity index (χ3n) is 3.50. The van der Waals surface area contributed by atoms with Crippen LogP contribution in [0, 0.1) is 0 Å². The van der Waals surface area contributed by atoms with Gasteiger partial charge in [0.15, 0.2) is 5.58 Å².